The number of allylic oxidation sites excluding steroid dienone is 2. The number of phenolic OH excluding ortho intramolecular Hbond substituents is 1. The number of carbonyl (C=O) groups excluding carboxylic acids is 2. The number of carbonyl (C=O) groups is 2. The van der Waals surface area contributed by atoms with E-state index < -0.39 is 23.9 Å². The van der Waals surface area contributed by atoms with Gasteiger partial charge in [0.15, 0.2) is 0 Å². The van der Waals surface area contributed by atoms with E-state index in [1.807, 2.05) is 57.3 Å². The zero-order chi connectivity index (χ0) is 28.4. The van der Waals surface area contributed by atoms with Gasteiger partial charge in [0.25, 0.3) is 0 Å². The molecule has 4 rings (SSSR count). The van der Waals surface area contributed by atoms with Gasteiger partial charge < -0.3 is 15.3 Å². The monoisotopic (exact) mass is 551 g/mol. The van der Waals surface area contributed by atoms with Crippen molar-refractivity contribution in [3.05, 3.63) is 67.9 Å². The molecular formula is C32H41NO5S. The summed E-state index contributed by atoms with van der Waals surface area (Å²) in [6.45, 7) is 9.94. The minimum absolute atomic E-state index is 0.0861. The largest absolute Gasteiger partial charge is 0.507 e. The van der Waals surface area contributed by atoms with Crippen molar-refractivity contribution in [2.24, 2.45) is 23.7 Å². The van der Waals surface area contributed by atoms with Crippen LogP contribution in [0, 0.1) is 37.5 Å². The van der Waals surface area contributed by atoms with Gasteiger partial charge in [-0.05, 0) is 91.3 Å². The number of amides is 2. The maximum atomic E-state index is 13.6. The maximum absolute atomic E-state index is 13.6. The number of aryl methyl sites for hydroxylation is 2. The van der Waals surface area contributed by atoms with E-state index in [-0.39, 0.29) is 30.9 Å². The topological polar surface area (TPSA) is 98.1 Å². The zero-order valence-electron chi connectivity index (χ0n) is 23.6. The van der Waals surface area contributed by atoms with Crippen molar-refractivity contribution in [1.29, 1.82) is 0 Å². The van der Waals surface area contributed by atoms with Crippen LogP contribution >= 0.6 is 11.3 Å². The van der Waals surface area contributed by atoms with Crippen LogP contribution < -0.4 is 0 Å². The van der Waals surface area contributed by atoms with E-state index in [0.29, 0.717) is 25.0 Å². The Kier molecular flexibility index (Phi) is 9.14. The smallest absolute Gasteiger partial charge is 0.234 e. The van der Waals surface area contributed by atoms with Gasteiger partial charge in [-0.15, -0.1) is 11.3 Å². The number of hydrogen-bond acceptors (Lipinski definition) is 6. The first-order valence-corrected chi connectivity index (χ1v) is 14.8. The molecule has 0 radical (unpaired) electrons. The van der Waals surface area contributed by atoms with Gasteiger partial charge in [-0.25, -0.2) is 0 Å². The van der Waals surface area contributed by atoms with E-state index in [2.05, 4.69) is 13.0 Å². The fourth-order valence-electron chi connectivity index (χ4n) is 6.36. The molecule has 1 aliphatic heterocycles. The first kappa shape index (κ1) is 29.2. The number of aliphatic hydroxyl groups is 2. The van der Waals surface area contributed by atoms with Gasteiger partial charge in [0, 0.05) is 10.8 Å². The van der Waals surface area contributed by atoms with Crippen LogP contribution in [0.25, 0.3) is 6.08 Å². The quantitative estimate of drug-likeness (QED) is 0.257. The Bertz CT molecular complexity index is 1250. The molecule has 2 aromatic rings. The van der Waals surface area contributed by atoms with Crippen molar-refractivity contribution in [2.75, 3.05) is 6.61 Å². The summed E-state index contributed by atoms with van der Waals surface area (Å²) in [6.07, 6.45) is 3.70. The van der Waals surface area contributed by atoms with Gasteiger partial charge in [-0.2, -0.15) is 0 Å². The Morgan fingerprint density at radius 3 is 2.44 bits per heavy atom. The fraction of sp³-hybridized carbons (Fsp3) is 0.500. The summed E-state index contributed by atoms with van der Waals surface area (Å²) in [5.74, 6) is -1.71. The second-order valence-electron chi connectivity index (χ2n) is 11.3. The lowest BCUT2D eigenvalue weighted by Gasteiger charge is -2.38. The third-order valence-electron chi connectivity index (χ3n) is 8.44. The predicted molar refractivity (Wildman–Crippen MR) is 155 cm³/mol. The molecule has 0 saturated carbocycles. The number of aromatic hydroxyl groups is 1. The number of fused-ring (bicyclic) bond motifs is 1. The average molecular weight is 552 g/mol. The Labute approximate surface area is 235 Å². The number of nitrogens with zero attached hydrogens (tertiary/aromatic N) is 1. The van der Waals surface area contributed by atoms with Crippen molar-refractivity contribution >= 4 is 29.2 Å². The van der Waals surface area contributed by atoms with Crippen LogP contribution in [0.4, 0.5) is 0 Å². The number of hydrogen-bond donors (Lipinski definition) is 3. The molecule has 1 aromatic heterocycles. The predicted octanol–water partition coefficient (Wildman–Crippen LogP) is 5.77. The lowest BCUT2D eigenvalue weighted by atomic mass is 9.66. The second kappa shape index (κ2) is 12.2. The molecule has 0 bridgehead atoms. The third-order valence-corrected chi connectivity index (χ3v) is 9.30. The SMILES string of the molecule is CC/C(=C\c1cc(C)c(O)c(C)c1)CC[C@@H](O)C1=C(C(C)C)C[C@H]2C(=O)N(Cc3cccs3)C(=O)[C@H]2[C@H]1CO. The molecule has 1 fully saturated rings. The molecular weight excluding hydrogens is 510 g/mol. The van der Waals surface area contributed by atoms with E-state index >= 15 is 0 Å². The standard InChI is InChI=1S/C32H41NO5S/c1-6-21(14-22-12-19(4)30(36)20(5)13-22)9-10-27(35)28-24(18(2)3)15-25-29(26(28)17-34)32(38)33(31(25)37)16-23-8-7-11-39-23/h7-8,11-14,18,25-27,29,34-36H,6,9-10,15-17H2,1-5H3/b21-14+/t25-,26+,27-,29-/m1/s1. The molecule has 0 spiro atoms. The third kappa shape index (κ3) is 5.91. The molecule has 39 heavy (non-hydrogen) atoms. The molecule has 2 aliphatic rings. The zero-order valence-corrected chi connectivity index (χ0v) is 24.4. The Balaban J connectivity index is 1.58. The maximum Gasteiger partial charge on any atom is 0.234 e. The summed E-state index contributed by atoms with van der Waals surface area (Å²) in [4.78, 5) is 29.3. The summed E-state index contributed by atoms with van der Waals surface area (Å²) in [5, 5.41) is 34.1. The van der Waals surface area contributed by atoms with Crippen LogP contribution in [0.3, 0.4) is 0 Å². The van der Waals surface area contributed by atoms with Gasteiger partial charge in [0.05, 0.1) is 31.1 Å². The highest BCUT2D eigenvalue weighted by Gasteiger charge is 2.55. The van der Waals surface area contributed by atoms with Crippen molar-refractivity contribution in [3.8, 4) is 5.75 Å². The van der Waals surface area contributed by atoms with Crippen molar-refractivity contribution in [3.63, 3.8) is 0 Å². The Morgan fingerprint density at radius 1 is 1.18 bits per heavy atom. The number of rotatable bonds is 10. The van der Waals surface area contributed by atoms with Gasteiger partial charge in [0.1, 0.15) is 5.75 Å². The summed E-state index contributed by atoms with van der Waals surface area (Å²) in [6, 6.07) is 7.75. The minimum atomic E-state index is -0.812. The van der Waals surface area contributed by atoms with Crippen LogP contribution in [0.2, 0.25) is 0 Å². The molecule has 1 saturated heterocycles. The van der Waals surface area contributed by atoms with Crippen molar-refractivity contribution in [2.45, 2.75) is 73.0 Å². The van der Waals surface area contributed by atoms with E-state index in [0.717, 1.165) is 39.1 Å². The summed E-state index contributed by atoms with van der Waals surface area (Å²) in [5.41, 5.74) is 5.60. The highest BCUT2D eigenvalue weighted by molar-refractivity contribution is 7.09. The number of imide groups is 1. The van der Waals surface area contributed by atoms with Crippen LogP contribution in [0.1, 0.15) is 68.0 Å². The lowest BCUT2D eigenvalue weighted by molar-refractivity contribution is -0.140. The number of benzene rings is 1. The van der Waals surface area contributed by atoms with Crippen molar-refractivity contribution in [1.82, 2.24) is 4.90 Å². The number of likely N-dealkylation sites (tertiary alicyclic amines) is 1. The molecule has 1 aliphatic carbocycles. The molecule has 1 aromatic carbocycles. The van der Waals surface area contributed by atoms with Gasteiger partial charge in [0.2, 0.25) is 11.8 Å². The summed E-state index contributed by atoms with van der Waals surface area (Å²) in [7, 11) is 0. The molecule has 210 valence electrons. The van der Waals surface area contributed by atoms with Gasteiger partial charge >= 0.3 is 0 Å². The Morgan fingerprint density at radius 2 is 1.87 bits per heavy atom. The molecule has 6 nitrogen and oxygen atoms in total. The molecule has 2 amide bonds. The highest BCUT2D eigenvalue weighted by Crippen LogP contribution is 2.48. The molecule has 0 unspecified atom stereocenters. The van der Waals surface area contributed by atoms with Crippen LogP contribution in [0.5, 0.6) is 5.75 Å². The van der Waals surface area contributed by atoms with Crippen LogP contribution in [-0.4, -0.2) is 44.7 Å². The van der Waals surface area contributed by atoms with Crippen molar-refractivity contribution < 1.29 is 24.9 Å². The first-order valence-electron chi connectivity index (χ1n) is 14.0. The fourth-order valence-corrected chi connectivity index (χ4v) is 7.05. The van der Waals surface area contributed by atoms with E-state index in [1.54, 1.807) is 0 Å². The number of thiophene rings is 1. The molecule has 3 N–H and O–H groups in total. The highest BCUT2D eigenvalue weighted by atomic mass is 32.1. The number of aliphatic hydroxyl groups excluding tert-OH is 2. The summed E-state index contributed by atoms with van der Waals surface area (Å²) >= 11 is 1.51. The van der Waals surface area contributed by atoms with Crippen LogP contribution in [-0.2, 0) is 16.1 Å². The number of phenols is 1. The lowest BCUT2D eigenvalue weighted by Crippen LogP contribution is -2.39. The first-order chi connectivity index (χ1) is 18.6. The Hall–Kier alpha value is -2.74. The average Bonchev–Trinajstić information content (AvgIpc) is 3.51. The van der Waals surface area contributed by atoms with E-state index in [4.69, 9.17) is 0 Å². The van der Waals surface area contributed by atoms with E-state index in [1.165, 1.54) is 21.8 Å². The summed E-state index contributed by atoms with van der Waals surface area (Å²) < 4.78 is 0. The normalized spacial score (nSPS) is 22.7. The molecule has 4 atom stereocenters. The van der Waals surface area contributed by atoms with Gasteiger partial charge in [-0.3, -0.25) is 14.5 Å². The molecule has 7 heteroatoms. The minimum Gasteiger partial charge on any atom is -0.507 e. The second-order valence-corrected chi connectivity index (χ2v) is 12.3. The molecule has 2 heterocycles. The van der Waals surface area contributed by atoms with E-state index in [9.17, 15) is 24.9 Å². The van der Waals surface area contributed by atoms with Gasteiger partial charge in [-0.1, -0.05) is 44.1 Å². The van der Waals surface area contributed by atoms with Crippen LogP contribution in [0.15, 0.2) is 46.4 Å².